The molecule has 0 saturated carbocycles. The Hall–Kier alpha value is -0.610. The monoisotopic (exact) mass is 174 g/mol. The molecule has 0 aromatic heterocycles. The van der Waals surface area contributed by atoms with Crippen molar-refractivity contribution in [1.82, 2.24) is 0 Å². The number of cyclic esters (lactones) is 1. The van der Waals surface area contributed by atoms with Gasteiger partial charge in [0.15, 0.2) is 0 Å². The molecule has 0 aromatic rings. The maximum Gasteiger partial charge on any atom is 0.308 e. The van der Waals surface area contributed by atoms with Crippen LogP contribution in [0.3, 0.4) is 0 Å². The van der Waals surface area contributed by atoms with Gasteiger partial charge in [-0.15, -0.1) is 0 Å². The van der Waals surface area contributed by atoms with E-state index in [1.807, 2.05) is 6.92 Å². The predicted octanol–water partition coefficient (Wildman–Crippen LogP) is 0.701. The smallest absolute Gasteiger partial charge is 0.308 e. The van der Waals surface area contributed by atoms with Crippen LogP contribution in [0, 0.1) is 0 Å². The molecule has 0 unspecified atom stereocenters. The van der Waals surface area contributed by atoms with Gasteiger partial charge in [-0.3, -0.25) is 4.79 Å². The van der Waals surface area contributed by atoms with Crippen molar-refractivity contribution < 1.29 is 19.0 Å². The molecule has 0 amide bonds. The molecule has 1 heterocycles. The van der Waals surface area contributed by atoms with Crippen LogP contribution in [0.1, 0.15) is 19.8 Å². The molecule has 1 fully saturated rings. The minimum atomic E-state index is -0.178. The fourth-order valence-corrected chi connectivity index (χ4v) is 1.26. The van der Waals surface area contributed by atoms with Crippen molar-refractivity contribution in [3.63, 3.8) is 0 Å². The molecule has 0 bridgehead atoms. The summed E-state index contributed by atoms with van der Waals surface area (Å²) in [7, 11) is 1.55. The lowest BCUT2D eigenvalue weighted by Crippen LogP contribution is -2.24. The van der Waals surface area contributed by atoms with Crippen LogP contribution in [0.4, 0.5) is 0 Å². The topological polar surface area (TPSA) is 44.8 Å². The Bertz CT molecular complexity index is 157. The largest absolute Gasteiger partial charge is 0.460 e. The van der Waals surface area contributed by atoms with Crippen molar-refractivity contribution in [3.8, 4) is 0 Å². The van der Waals surface area contributed by atoms with Crippen LogP contribution in [-0.4, -0.2) is 32.1 Å². The Labute approximate surface area is 71.8 Å². The summed E-state index contributed by atoms with van der Waals surface area (Å²) < 4.78 is 15.0. The molecule has 4 nitrogen and oxygen atoms in total. The maximum absolute atomic E-state index is 10.8. The molecule has 12 heavy (non-hydrogen) atoms. The third-order valence-electron chi connectivity index (χ3n) is 1.87. The highest BCUT2D eigenvalue weighted by Gasteiger charge is 2.34. The minimum Gasteiger partial charge on any atom is -0.460 e. The van der Waals surface area contributed by atoms with Crippen molar-refractivity contribution in [2.75, 3.05) is 13.9 Å². The second kappa shape index (κ2) is 4.42. The van der Waals surface area contributed by atoms with Gasteiger partial charge in [-0.2, -0.15) is 0 Å². The fraction of sp³-hybridized carbons (Fsp3) is 0.875. The standard InChI is InChI=1S/C8H14O4/c1-3-6-7(11-5-10-2)4-8(9)12-6/h6-7H,3-5H2,1-2H3/t6-,7+/m1/s1. The summed E-state index contributed by atoms with van der Waals surface area (Å²) in [6.07, 6.45) is 0.928. The van der Waals surface area contributed by atoms with Crippen LogP contribution in [-0.2, 0) is 19.0 Å². The van der Waals surface area contributed by atoms with Crippen LogP contribution < -0.4 is 0 Å². The third kappa shape index (κ3) is 2.19. The van der Waals surface area contributed by atoms with E-state index in [0.29, 0.717) is 6.42 Å². The van der Waals surface area contributed by atoms with Crippen molar-refractivity contribution in [1.29, 1.82) is 0 Å². The normalized spacial score (nSPS) is 29.0. The summed E-state index contributed by atoms with van der Waals surface area (Å²) >= 11 is 0. The van der Waals surface area contributed by atoms with Gasteiger partial charge in [0, 0.05) is 7.11 Å². The van der Waals surface area contributed by atoms with Gasteiger partial charge >= 0.3 is 5.97 Å². The maximum atomic E-state index is 10.8. The van der Waals surface area contributed by atoms with Gasteiger partial charge in [-0.25, -0.2) is 0 Å². The number of carbonyl (C=O) groups excluding carboxylic acids is 1. The van der Waals surface area contributed by atoms with E-state index in [9.17, 15) is 4.79 Å². The Morgan fingerprint density at radius 3 is 3.00 bits per heavy atom. The molecule has 1 saturated heterocycles. The van der Waals surface area contributed by atoms with Gasteiger partial charge in [-0.05, 0) is 6.42 Å². The van der Waals surface area contributed by atoms with Gasteiger partial charge < -0.3 is 14.2 Å². The number of hydrogen-bond acceptors (Lipinski definition) is 4. The molecule has 0 aliphatic carbocycles. The summed E-state index contributed by atoms with van der Waals surface area (Å²) in [5.41, 5.74) is 0. The summed E-state index contributed by atoms with van der Waals surface area (Å²) in [6.45, 7) is 2.18. The lowest BCUT2D eigenvalue weighted by atomic mass is 10.1. The average molecular weight is 174 g/mol. The second-order valence-corrected chi connectivity index (χ2v) is 2.75. The first-order chi connectivity index (χ1) is 5.77. The Balaban J connectivity index is 2.35. The lowest BCUT2D eigenvalue weighted by molar-refractivity contribution is -0.142. The van der Waals surface area contributed by atoms with E-state index in [0.717, 1.165) is 6.42 Å². The van der Waals surface area contributed by atoms with Gasteiger partial charge in [0.25, 0.3) is 0 Å². The van der Waals surface area contributed by atoms with Crippen LogP contribution in [0.2, 0.25) is 0 Å². The second-order valence-electron chi connectivity index (χ2n) is 2.75. The Morgan fingerprint density at radius 1 is 1.67 bits per heavy atom. The van der Waals surface area contributed by atoms with Gasteiger partial charge in [0.2, 0.25) is 0 Å². The quantitative estimate of drug-likeness (QED) is 0.465. The molecule has 1 aliphatic rings. The number of esters is 1. The number of carbonyl (C=O) groups is 1. The van der Waals surface area contributed by atoms with Gasteiger partial charge in [-0.1, -0.05) is 6.92 Å². The molecule has 4 heteroatoms. The Kier molecular flexibility index (Phi) is 3.49. The lowest BCUT2D eigenvalue weighted by Gasteiger charge is -2.15. The van der Waals surface area contributed by atoms with E-state index < -0.39 is 0 Å². The van der Waals surface area contributed by atoms with E-state index in [1.165, 1.54) is 0 Å². The fourth-order valence-electron chi connectivity index (χ4n) is 1.26. The van der Waals surface area contributed by atoms with Crippen LogP contribution >= 0.6 is 0 Å². The average Bonchev–Trinajstić information content (AvgIpc) is 2.42. The molecule has 0 radical (unpaired) electrons. The van der Waals surface area contributed by atoms with Crippen molar-refractivity contribution >= 4 is 5.97 Å². The van der Waals surface area contributed by atoms with Gasteiger partial charge in [0.1, 0.15) is 19.0 Å². The SMILES string of the molecule is CC[C@H]1OC(=O)C[C@@H]1OCOC. The van der Waals surface area contributed by atoms with E-state index in [2.05, 4.69) is 0 Å². The van der Waals surface area contributed by atoms with E-state index in [1.54, 1.807) is 7.11 Å². The van der Waals surface area contributed by atoms with E-state index in [-0.39, 0.29) is 25.0 Å². The zero-order valence-corrected chi connectivity index (χ0v) is 7.41. The summed E-state index contributed by atoms with van der Waals surface area (Å²) in [4.78, 5) is 10.8. The first-order valence-electron chi connectivity index (χ1n) is 4.08. The first-order valence-corrected chi connectivity index (χ1v) is 4.08. The van der Waals surface area contributed by atoms with Crippen LogP contribution in [0.15, 0.2) is 0 Å². The Morgan fingerprint density at radius 2 is 2.42 bits per heavy atom. The zero-order chi connectivity index (χ0) is 8.97. The summed E-state index contributed by atoms with van der Waals surface area (Å²) in [6, 6.07) is 0. The highest BCUT2D eigenvalue weighted by Crippen LogP contribution is 2.20. The molecule has 0 aromatic carbocycles. The van der Waals surface area contributed by atoms with Crippen LogP contribution in [0.25, 0.3) is 0 Å². The van der Waals surface area contributed by atoms with E-state index >= 15 is 0 Å². The highest BCUT2D eigenvalue weighted by atomic mass is 16.7. The molecule has 1 rings (SSSR count). The zero-order valence-electron chi connectivity index (χ0n) is 7.41. The number of methoxy groups -OCH3 is 1. The third-order valence-corrected chi connectivity index (χ3v) is 1.87. The number of hydrogen-bond donors (Lipinski definition) is 0. The predicted molar refractivity (Wildman–Crippen MR) is 41.5 cm³/mol. The summed E-state index contributed by atoms with van der Waals surface area (Å²) in [5, 5.41) is 0. The molecule has 1 aliphatic heterocycles. The van der Waals surface area contributed by atoms with Gasteiger partial charge in [0.05, 0.1) is 6.42 Å². The summed E-state index contributed by atoms with van der Waals surface area (Å²) in [5.74, 6) is -0.178. The van der Waals surface area contributed by atoms with Crippen molar-refractivity contribution in [3.05, 3.63) is 0 Å². The van der Waals surface area contributed by atoms with Crippen LogP contribution in [0.5, 0.6) is 0 Å². The molecular formula is C8H14O4. The minimum absolute atomic E-state index is 0.0901. The first kappa shape index (κ1) is 9.48. The molecule has 2 atom stereocenters. The number of rotatable bonds is 4. The molecular weight excluding hydrogens is 160 g/mol. The highest BCUT2D eigenvalue weighted by molar-refractivity contribution is 5.72. The van der Waals surface area contributed by atoms with E-state index in [4.69, 9.17) is 14.2 Å². The molecule has 70 valence electrons. The van der Waals surface area contributed by atoms with Crippen molar-refractivity contribution in [2.24, 2.45) is 0 Å². The number of ether oxygens (including phenoxy) is 3. The van der Waals surface area contributed by atoms with Crippen molar-refractivity contribution in [2.45, 2.75) is 32.0 Å². The molecule has 0 spiro atoms. The molecule has 0 N–H and O–H groups in total.